The van der Waals surface area contributed by atoms with Gasteiger partial charge in [-0.1, -0.05) is 66.2 Å². The van der Waals surface area contributed by atoms with E-state index in [1.165, 1.54) is 44.9 Å². The number of fused-ring (bicyclic) bond motifs is 5. The molecule has 6 aromatic rings. The van der Waals surface area contributed by atoms with Crippen LogP contribution in [0.1, 0.15) is 59.6 Å². The smallest absolute Gasteiger partial charge is 0.135 e. The van der Waals surface area contributed by atoms with E-state index >= 15 is 0 Å². The largest absolute Gasteiger partial charge is 0.356 e. The zero-order chi connectivity index (χ0) is 40.9. The number of benzene rings is 6. The summed E-state index contributed by atoms with van der Waals surface area (Å²) in [5.74, 6) is 0. The predicted octanol–water partition coefficient (Wildman–Crippen LogP) is 14.3. The fourth-order valence-electron chi connectivity index (χ4n) is 9.53. The molecule has 0 saturated heterocycles. The summed E-state index contributed by atoms with van der Waals surface area (Å²) in [4.78, 5) is 12.6. The number of anilines is 9. The Hall–Kier alpha value is -6.79. The molecule has 2 N–H and O–H groups in total. The summed E-state index contributed by atoms with van der Waals surface area (Å²) in [6, 6.07) is 51.4. The van der Waals surface area contributed by atoms with E-state index < -0.39 is 5.66 Å². The molecule has 1 atom stereocenters. The predicted molar refractivity (Wildman–Crippen MR) is 253 cm³/mol. The minimum Gasteiger partial charge on any atom is -0.356 e. The lowest BCUT2D eigenvalue weighted by Gasteiger charge is -2.52. The summed E-state index contributed by atoms with van der Waals surface area (Å²) in [6.45, 7) is 16.6. The van der Waals surface area contributed by atoms with Crippen molar-refractivity contribution in [2.75, 3.05) is 31.9 Å². The summed E-state index contributed by atoms with van der Waals surface area (Å²) in [5.41, 5.74) is 17.9. The number of allylic oxidation sites excluding steroid dienone is 3. The van der Waals surface area contributed by atoms with E-state index in [1.54, 1.807) is 0 Å². The molecule has 1 unspecified atom stereocenters. The Labute approximate surface area is 349 Å². The van der Waals surface area contributed by atoms with Crippen LogP contribution in [-0.2, 0) is 0 Å². The topological polar surface area (TPSA) is 46.1 Å². The maximum atomic E-state index is 4.96. The standard InChI is InChI=1S/C53H52N6/c1-36(29-39(4)54-42-23-25-43(26-24-42)55-40-17-11-8-12-18-40)35-57(45-21-15-10-16-22-45)46-27-28-49-47(32-46)38(3)34-53(7)58(49)50-31-44(56-41-19-13-9-14-20-41)30-48-37(2)33-52(5,6)59(53)51(48)50/h8-34,55-56H,35H2,1-7H3/b36-29+,54-39?. The van der Waals surface area contributed by atoms with E-state index in [0.717, 1.165) is 45.5 Å². The van der Waals surface area contributed by atoms with Gasteiger partial charge in [-0.25, -0.2) is 0 Å². The molecule has 6 aromatic carbocycles. The van der Waals surface area contributed by atoms with Crippen molar-refractivity contribution in [3.05, 3.63) is 181 Å². The third kappa shape index (κ3) is 7.09. The average Bonchev–Trinajstić information content (AvgIpc) is 3.49. The molecule has 294 valence electrons. The third-order valence-electron chi connectivity index (χ3n) is 11.7. The van der Waals surface area contributed by atoms with Crippen LogP contribution >= 0.6 is 0 Å². The van der Waals surface area contributed by atoms with Gasteiger partial charge in [0.15, 0.2) is 0 Å². The first kappa shape index (κ1) is 37.8. The quantitative estimate of drug-likeness (QED) is 0.136. The number of para-hydroxylation sites is 3. The van der Waals surface area contributed by atoms with E-state index in [1.807, 2.05) is 18.2 Å². The van der Waals surface area contributed by atoms with Crippen LogP contribution in [0, 0.1) is 0 Å². The number of hydrogen-bond acceptors (Lipinski definition) is 6. The molecule has 0 radical (unpaired) electrons. The molecule has 0 bridgehead atoms. The molecule has 0 spiro atoms. The van der Waals surface area contributed by atoms with Gasteiger partial charge in [0.25, 0.3) is 0 Å². The van der Waals surface area contributed by atoms with Gasteiger partial charge in [0.2, 0.25) is 0 Å². The van der Waals surface area contributed by atoms with Crippen molar-refractivity contribution in [1.82, 2.24) is 0 Å². The summed E-state index contributed by atoms with van der Waals surface area (Å²) >= 11 is 0. The molecule has 3 heterocycles. The highest BCUT2D eigenvalue weighted by molar-refractivity contribution is 6.03. The zero-order valence-corrected chi connectivity index (χ0v) is 35.1. The Bertz CT molecular complexity index is 2660. The Balaban J connectivity index is 1.05. The summed E-state index contributed by atoms with van der Waals surface area (Å²) in [5, 5.41) is 7.17. The van der Waals surface area contributed by atoms with Crippen LogP contribution in [0.2, 0.25) is 0 Å². The molecule has 0 aromatic heterocycles. The van der Waals surface area contributed by atoms with Crippen LogP contribution in [0.5, 0.6) is 0 Å². The fraction of sp³-hybridized carbons (Fsp3) is 0.189. The van der Waals surface area contributed by atoms with E-state index in [9.17, 15) is 0 Å². The van der Waals surface area contributed by atoms with Crippen molar-refractivity contribution in [1.29, 1.82) is 0 Å². The molecule has 0 amide bonds. The Morgan fingerprint density at radius 3 is 1.86 bits per heavy atom. The van der Waals surface area contributed by atoms with Gasteiger partial charge in [-0.2, -0.15) is 0 Å². The molecule has 6 nitrogen and oxygen atoms in total. The number of nitrogens with zero attached hydrogens (tertiary/aromatic N) is 4. The van der Waals surface area contributed by atoms with Gasteiger partial charge in [0.1, 0.15) is 5.66 Å². The number of nitrogens with one attached hydrogen (secondary N) is 2. The Morgan fingerprint density at radius 1 is 0.610 bits per heavy atom. The highest BCUT2D eigenvalue weighted by Crippen LogP contribution is 2.61. The first-order valence-corrected chi connectivity index (χ1v) is 20.6. The first-order chi connectivity index (χ1) is 28.5. The van der Waals surface area contributed by atoms with Crippen molar-refractivity contribution in [2.24, 2.45) is 4.99 Å². The molecule has 9 rings (SSSR count). The highest BCUT2D eigenvalue weighted by atomic mass is 15.5. The Kier molecular flexibility index (Phi) is 9.51. The first-order valence-electron chi connectivity index (χ1n) is 20.6. The van der Waals surface area contributed by atoms with Gasteiger partial charge >= 0.3 is 0 Å². The number of hydrogen-bond donors (Lipinski definition) is 2. The zero-order valence-electron chi connectivity index (χ0n) is 35.1. The molecular formula is C53H52N6. The Morgan fingerprint density at radius 2 is 1.20 bits per heavy atom. The minimum atomic E-state index is -0.407. The molecule has 6 heteroatoms. The van der Waals surface area contributed by atoms with Crippen LogP contribution < -0.4 is 25.3 Å². The van der Waals surface area contributed by atoms with Crippen molar-refractivity contribution in [3.8, 4) is 0 Å². The lowest BCUT2D eigenvalue weighted by Crippen LogP contribution is -2.60. The lowest BCUT2D eigenvalue weighted by atomic mass is 9.85. The van der Waals surface area contributed by atoms with Crippen LogP contribution in [0.4, 0.5) is 56.9 Å². The van der Waals surface area contributed by atoms with Crippen LogP contribution in [0.3, 0.4) is 0 Å². The molecular weight excluding hydrogens is 721 g/mol. The number of rotatable bonds is 10. The maximum absolute atomic E-state index is 4.96. The summed E-state index contributed by atoms with van der Waals surface area (Å²) in [7, 11) is 0. The van der Waals surface area contributed by atoms with Gasteiger partial charge in [-0.3, -0.25) is 4.99 Å². The highest BCUT2D eigenvalue weighted by Gasteiger charge is 2.54. The van der Waals surface area contributed by atoms with E-state index in [0.29, 0.717) is 6.54 Å². The van der Waals surface area contributed by atoms with Gasteiger partial charge in [0, 0.05) is 57.5 Å². The van der Waals surface area contributed by atoms with Crippen molar-refractivity contribution in [3.63, 3.8) is 0 Å². The minimum absolute atomic E-state index is 0.198. The second kappa shape index (κ2) is 14.9. The molecule has 3 aliphatic heterocycles. The summed E-state index contributed by atoms with van der Waals surface area (Å²) < 4.78 is 0. The average molecular weight is 773 g/mol. The van der Waals surface area contributed by atoms with Crippen molar-refractivity contribution >= 4 is 73.7 Å². The van der Waals surface area contributed by atoms with Crippen LogP contribution in [0.15, 0.2) is 174 Å². The molecule has 3 aliphatic rings. The third-order valence-corrected chi connectivity index (χ3v) is 11.7. The van der Waals surface area contributed by atoms with Gasteiger partial charge in [0.05, 0.1) is 28.3 Å². The second-order valence-corrected chi connectivity index (χ2v) is 16.9. The maximum Gasteiger partial charge on any atom is 0.135 e. The fourth-order valence-corrected chi connectivity index (χ4v) is 9.53. The van der Waals surface area contributed by atoms with E-state index in [-0.39, 0.29) is 5.54 Å². The van der Waals surface area contributed by atoms with Crippen molar-refractivity contribution in [2.45, 2.75) is 59.7 Å². The molecule has 0 fully saturated rings. The molecule has 0 aliphatic carbocycles. The molecule has 59 heavy (non-hydrogen) atoms. The van der Waals surface area contributed by atoms with E-state index in [4.69, 9.17) is 4.99 Å². The van der Waals surface area contributed by atoms with Crippen LogP contribution in [-0.4, -0.2) is 23.5 Å². The van der Waals surface area contributed by atoms with Gasteiger partial charge in [-0.15, -0.1) is 0 Å². The van der Waals surface area contributed by atoms with Gasteiger partial charge in [-0.05, 0) is 163 Å². The number of aliphatic imine (C=N–C) groups is 1. The lowest BCUT2D eigenvalue weighted by molar-refractivity contribution is 0.439. The van der Waals surface area contributed by atoms with Crippen LogP contribution in [0.25, 0.3) is 11.1 Å². The SMILES string of the molecule is CC1=CC2(C)N(c3ccc(N(C/C(C)=C/C(C)=Nc4ccc(Nc5ccccc5)cc4)c4ccccc4)cc31)c1cc(Nc3ccccc3)cc3c1N2C(C)(C)C=C3C. The van der Waals surface area contributed by atoms with Crippen molar-refractivity contribution < 1.29 is 0 Å². The van der Waals surface area contributed by atoms with E-state index in [2.05, 4.69) is 219 Å². The normalized spacial score (nSPS) is 17.7. The summed E-state index contributed by atoms with van der Waals surface area (Å²) in [6.07, 6.45) is 7.11. The monoisotopic (exact) mass is 772 g/mol. The second-order valence-electron chi connectivity index (χ2n) is 16.9. The van der Waals surface area contributed by atoms with Gasteiger partial charge < -0.3 is 25.3 Å². The molecule has 0 saturated carbocycles.